The third kappa shape index (κ3) is 8.66. The Balaban J connectivity index is 1.11. The number of hydrogen-bond donors (Lipinski definition) is 0. The predicted molar refractivity (Wildman–Crippen MR) is 225 cm³/mol. The Kier molecular flexibility index (Phi) is 13.3. The summed E-state index contributed by atoms with van der Waals surface area (Å²) in [4.78, 5) is 0. The van der Waals surface area contributed by atoms with Crippen molar-refractivity contribution in [3.05, 3.63) is 195 Å². The lowest BCUT2D eigenvalue weighted by molar-refractivity contribution is -0.173. The molecule has 0 aliphatic rings. The summed E-state index contributed by atoms with van der Waals surface area (Å²) in [5.41, 5.74) is -11.9. The quantitative estimate of drug-likeness (QED) is 0.0902. The number of hydrogen-bond acceptors (Lipinski definition) is 5. The molecule has 70 heavy (non-hydrogen) atoms. The van der Waals surface area contributed by atoms with Crippen molar-refractivity contribution in [2.75, 3.05) is 7.11 Å². The fourth-order valence-corrected chi connectivity index (χ4v) is 7.53. The van der Waals surface area contributed by atoms with Gasteiger partial charge < -0.3 is 18.9 Å². The maximum Gasteiger partial charge on any atom is 0.402 e. The van der Waals surface area contributed by atoms with Crippen LogP contribution < -0.4 is 18.9 Å². The minimum Gasteiger partial charge on any atom is -0.497 e. The van der Waals surface area contributed by atoms with Crippen LogP contribution >= 0.6 is 0 Å². The zero-order chi connectivity index (χ0) is 51.2. The second-order valence-corrected chi connectivity index (χ2v) is 15.8. The van der Waals surface area contributed by atoms with E-state index < -0.39 is 103 Å². The zero-order valence-electron chi connectivity index (χ0n) is 36.3. The van der Waals surface area contributed by atoms with Gasteiger partial charge in [-0.15, -0.1) is 0 Å². The number of rotatable bonds is 12. The molecule has 0 N–H and O–H groups in total. The third-order valence-corrected chi connectivity index (χ3v) is 11.8. The van der Waals surface area contributed by atoms with Gasteiger partial charge in [-0.25, -0.2) is 26.3 Å². The first-order valence-corrected chi connectivity index (χ1v) is 20.2. The summed E-state index contributed by atoms with van der Waals surface area (Å²) in [6.07, 6.45) is -9.77. The van der Waals surface area contributed by atoms with Crippen LogP contribution in [0.4, 0.5) is 61.5 Å². The highest BCUT2D eigenvalue weighted by molar-refractivity contribution is 5.69. The van der Waals surface area contributed by atoms with Crippen molar-refractivity contribution < 1.29 is 80.4 Å². The van der Waals surface area contributed by atoms with Crippen LogP contribution in [0.3, 0.4) is 0 Å². The molecule has 0 amide bonds. The number of benzene rings is 7. The largest absolute Gasteiger partial charge is 0.497 e. The topological polar surface area (TPSA) is 60.7 Å². The van der Waals surface area contributed by atoms with Crippen LogP contribution in [0.5, 0.6) is 40.2 Å². The predicted octanol–water partition coefficient (Wildman–Crippen LogP) is 15.8. The molecular weight excluding hydrogens is 957 g/mol. The lowest BCUT2D eigenvalue weighted by atomic mass is 9.75. The molecule has 0 saturated carbocycles. The van der Waals surface area contributed by atoms with E-state index in [1.165, 1.54) is 73.8 Å². The molecular formula is C51H31F14NO4. The van der Waals surface area contributed by atoms with Gasteiger partial charge in [0.25, 0.3) is 0 Å². The summed E-state index contributed by atoms with van der Waals surface area (Å²) in [5.74, 6) is -21.1. The minimum atomic E-state index is -5.05. The van der Waals surface area contributed by atoms with E-state index in [2.05, 4.69) is 0 Å². The summed E-state index contributed by atoms with van der Waals surface area (Å²) in [7, 11) is 1.38. The summed E-state index contributed by atoms with van der Waals surface area (Å²) in [6.45, 7) is 2.41. The molecule has 0 bridgehead atoms. The van der Waals surface area contributed by atoms with Gasteiger partial charge in [0.2, 0.25) is 17.4 Å². The third-order valence-electron chi connectivity index (χ3n) is 11.8. The molecule has 0 heterocycles. The zero-order valence-corrected chi connectivity index (χ0v) is 36.3. The van der Waals surface area contributed by atoms with Gasteiger partial charge in [-0.2, -0.15) is 40.4 Å². The Labute approximate surface area is 388 Å². The molecule has 0 aromatic heterocycles. The van der Waals surface area contributed by atoms with Gasteiger partial charge in [0.15, 0.2) is 34.9 Å². The van der Waals surface area contributed by atoms with Crippen LogP contribution in [0.15, 0.2) is 115 Å². The van der Waals surface area contributed by atoms with Gasteiger partial charge in [0, 0.05) is 5.56 Å². The molecule has 2 unspecified atom stereocenters. The van der Waals surface area contributed by atoms with Crippen LogP contribution in [-0.4, -0.2) is 19.5 Å². The Morgan fingerprint density at radius 1 is 0.414 bits per heavy atom. The Hall–Kier alpha value is -7.75. The van der Waals surface area contributed by atoms with Crippen LogP contribution in [0, 0.1) is 64.8 Å². The highest BCUT2D eigenvalue weighted by atomic mass is 19.4. The van der Waals surface area contributed by atoms with E-state index in [0.717, 1.165) is 62.4 Å². The molecule has 0 fully saturated rings. The van der Waals surface area contributed by atoms with Crippen LogP contribution in [0.2, 0.25) is 0 Å². The fourth-order valence-electron chi connectivity index (χ4n) is 7.53. The van der Waals surface area contributed by atoms with Crippen molar-refractivity contribution in [3.63, 3.8) is 0 Å². The van der Waals surface area contributed by atoms with E-state index in [1.54, 1.807) is 0 Å². The lowest BCUT2D eigenvalue weighted by Gasteiger charge is -2.33. The number of ether oxygens (including phenoxy) is 4. The van der Waals surface area contributed by atoms with E-state index in [4.69, 9.17) is 18.9 Å². The molecule has 7 aromatic rings. The maximum absolute atomic E-state index is 15.2. The molecule has 2 atom stereocenters. The van der Waals surface area contributed by atoms with Crippen LogP contribution in [-0.2, 0) is 10.8 Å². The average molecular weight is 988 g/mol. The first-order valence-electron chi connectivity index (χ1n) is 20.2. The highest BCUT2D eigenvalue weighted by Crippen LogP contribution is 2.49. The Morgan fingerprint density at radius 2 is 0.714 bits per heavy atom. The van der Waals surface area contributed by atoms with Crippen molar-refractivity contribution >= 4 is 0 Å². The van der Waals surface area contributed by atoms with Crippen molar-refractivity contribution in [1.82, 2.24) is 0 Å². The molecule has 0 spiro atoms. The first-order chi connectivity index (χ1) is 32.9. The SMILES string of the molecule is COc1ccc(C(C)(c2ccc(Oc3cccc(Oc4ccc(C(C)(c5ccc(Oc6c(F)c(F)c(-c7c(F)c(F)c(C)c(F)c7F)c(F)c6F)cc5)C(F)(F)F)cc4)c3C#N)cc2)C(F)(F)F)cc1. The van der Waals surface area contributed by atoms with Crippen molar-refractivity contribution in [2.45, 2.75) is 44.0 Å². The van der Waals surface area contributed by atoms with Gasteiger partial charge in [0.05, 0.1) is 18.2 Å². The molecule has 7 rings (SSSR count). The molecule has 362 valence electrons. The summed E-state index contributed by atoms with van der Waals surface area (Å²) >= 11 is 0. The average Bonchev–Trinajstić information content (AvgIpc) is 3.34. The first kappa shape index (κ1) is 50.1. The van der Waals surface area contributed by atoms with Gasteiger partial charge in [-0.05, 0) is 104 Å². The fraction of sp³-hybridized carbons (Fsp3) is 0.157. The number of halogens is 14. The van der Waals surface area contributed by atoms with E-state index in [0.29, 0.717) is 12.7 Å². The Morgan fingerprint density at radius 3 is 1.01 bits per heavy atom. The molecule has 0 saturated heterocycles. The van der Waals surface area contributed by atoms with Gasteiger partial charge in [0.1, 0.15) is 57.0 Å². The van der Waals surface area contributed by atoms with Crippen LogP contribution in [0.1, 0.15) is 47.2 Å². The standard InChI is InChI=1S/C51H31F14NO4/c1-25-39(52)41(54)37(42(55)40(25)53)38-43(56)45(58)47(46(59)44(38)57)70-33-22-14-29(15-23-33)49(3,51(63,64)65)28-12-20-32(21-13-28)69-36-7-5-6-35(34(36)24-66)68-31-18-10-27(11-19-31)48(2,50(60,61)62)26-8-16-30(67-4)17-9-26/h5-23H,1-4H3. The number of methoxy groups -OCH3 is 1. The second kappa shape index (κ2) is 18.6. The molecule has 0 radical (unpaired) electrons. The lowest BCUT2D eigenvalue weighted by Crippen LogP contribution is -2.40. The number of nitrogens with zero attached hydrogens (tertiary/aromatic N) is 1. The normalized spacial score (nSPS) is 13.5. The van der Waals surface area contributed by atoms with Crippen molar-refractivity contribution in [3.8, 4) is 57.4 Å². The van der Waals surface area contributed by atoms with Gasteiger partial charge >= 0.3 is 12.4 Å². The van der Waals surface area contributed by atoms with E-state index >= 15 is 17.6 Å². The van der Waals surface area contributed by atoms with Gasteiger partial charge in [-0.1, -0.05) is 54.6 Å². The molecule has 0 aliphatic heterocycles. The minimum absolute atomic E-state index is 0.0509. The molecule has 0 aliphatic carbocycles. The van der Waals surface area contributed by atoms with E-state index in [9.17, 15) is 49.2 Å². The smallest absolute Gasteiger partial charge is 0.402 e. The molecule has 19 heteroatoms. The van der Waals surface area contributed by atoms with Crippen LogP contribution in [0.25, 0.3) is 11.1 Å². The Bertz CT molecular complexity index is 3090. The van der Waals surface area contributed by atoms with Crippen molar-refractivity contribution in [2.24, 2.45) is 0 Å². The van der Waals surface area contributed by atoms with Gasteiger partial charge in [-0.3, -0.25) is 0 Å². The summed E-state index contributed by atoms with van der Waals surface area (Å²) < 4.78 is 229. The highest BCUT2D eigenvalue weighted by Gasteiger charge is 2.54. The molecule has 7 aromatic carbocycles. The number of alkyl halides is 6. The van der Waals surface area contributed by atoms with E-state index in [1.807, 2.05) is 6.07 Å². The second-order valence-electron chi connectivity index (χ2n) is 15.8. The summed E-state index contributed by atoms with van der Waals surface area (Å²) in [6, 6.07) is 24.1. The monoisotopic (exact) mass is 987 g/mol. The van der Waals surface area contributed by atoms with Crippen molar-refractivity contribution in [1.29, 1.82) is 5.26 Å². The molecule has 5 nitrogen and oxygen atoms in total. The summed E-state index contributed by atoms with van der Waals surface area (Å²) in [5, 5.41) is 10.1. The maximum atomic E-state index is 15.2. The van der Waals surface area contributed by atoms with E-state index in [-0.39, 0.29) is 45.3 Å². The number of nitriles is 1.